The van der Waals surface area contributed by atoms with Crippen molar-refractivity contribution in [1.29, 1.82) is 0 Å². The highest BCUT2D eigenvalue weighted by molar-refractivity contribution is 7.89. The number of carbonyl (C=O) groups excluding carboxylic acids is 1. The first-order chi connectivity index (χ1) is 14.8. The summed E-state index contributed by atoms with van der Waals surface area (Å²) in [5, 5.41) is 2.68. The van der Waals surface area contributed by atoms with E-state index in [1.165, 1.54) is 30.3 Å². The van der Waals surface area contributed by atoms with Crippen LogP contribution in [-0.4, -0.2) is 33.6 Å². The lowest BCUT2D eigenvalue weighted by Crippen LogP contribution is -2.36. The second kappa shape index (κ2) is 8.84. The van der Waals surface area contributed by atoms with Crippen LogP contribution >= 0.6 is 0 Å². The average Bonchev–Trinajstić information content (AvgIpc) is 2.76. The lowest BCUT2D eigenvalue weighted by atomic mass is 9.96. The number of ether oxygens (including phenoxy) is 2. The SMILES string of the molecule is Cc1cc(NC(=O)c2cc(S(=O)(=O)NC3CCCCC3)cc3c2OCCO3)ccc1F. The summed E-state index contributed by atoms with van der Waals surface area (Å²) >= 11 is 0. The van der Waals surface area contributed by atoms with E-state index in [-0.39, 0.29) is 47.0 Å². The summed E-state index contributed by atoms with van der Waals surface area (Å²) in [6, 6.07) is 6.77. The summed E-state index contributed by atoms with van der Waals surface area (Å²) in [4.78, 5) is 12.9. The maximum Gasteiger partial charge on any atom is 0.259 e. The summed E-state index contributed by atoms with van der Waals surface area (Å²) in [5.74, 6) is -0.547. The molecule has 1 fully saturated rings. The van der Waals surface area contributed by atoms with Crippen LogP contribution in [0.2, 0.25) is 0 Å². The minimum Gasteiger partial charge on any atom is -0.486 e. The van der Waals surface area contributed by atoms with Crippen LogP contribution in [0, 0.1) is 12.7 Å². The van der Waals surface area contributed by atoms with Crippen LogP contribution in [0.25, 0.3) is 0 Å². The number of sulfonamides is 1. The van der Waals surface area contributed by atoms with E-state index < -0.39 is 15.9 Å². The molecule has 31 heavy (non-hydrogen) atoms. The molecule has 1 amide bonds. The Morgan fingerprint density at radius 2 is 1.81 bits per heavy atom. The molecule has 0 spiro atoms. The van der Waals surface area contributed by atoms with E-state index in [4.69, 9.17) is 9.47 Å². The second-order valence-corrected chi connectivity index (χ2v) is 9.58. The van der Waals surface area contributed by atoms with Crippen molar-refractivity contribution >= 4 is 21.6 Å². The van der Waals surface area contributed by atoms with Crippen LogP contribution in [0.4, 0.5) is 10.1 Å². The summed E-state index contributed by atoms with van der Waals surface area (Å²) < 4.78 is 53.5. The van der Waals surface area contributed by atoms with Gasteiger partial charge in [-0.15, -0.1) is 0 Å². The normalized spacial score (nSPS) is 16.7. The van der Waals surface area contributed by atoms with Gasteiger partial charge in [-0.2, -0.15) is 0 Å². The lowest BCUT2D eigenvalue weighted by Gasteiger charge is -2.24. The number of anilines is 1. The standard InChI is InChI=1S/C22H25FN2O5S/c1-14-11-16(7-8-19(14)23)24-22(26)18-12-17(13-20-21(18)30-10-9-29-20)31(27,28)25-15-5-3-2-4-6-15/h7-8,11-13,15,25H,2-6,9-10H2,1H3,(H,24,26). The molecule has 4 rings (SSSR count). The monoisotopic (exact) mass is 448 g/mol. The molecule has 0 atom stereocenters. The summed E-state index contributed by atoms with van der Waals surface area (Å²) in [6.07, 6.45) is 4.66. The Kier molecular flexibility index (Phi) is 6.15. The zero-order valence-electron chi connectivity index (χ0n) is 17.2. The molecule has 1 heterocycles. The molecule has 0 saturated heterocycles. The fourth-order valence-electron chi connectivity index (χ4n) is 3.88. The highest BCUT2D eigenvalue weighted by Crippen LogP contribution is 2.37. The van der Waals surface area contributed by atoms with E-state index in [1.54, 1.807) is 6.92 Å². The molecule has 0 unspecified atom stereocenters. The van der Waals surface area contributed by atoms with E-state index in [1.807, 2.05) is 0 Å². The van der Waals surface area contributed by atoms with Gasteiger partial charge < -0.3 is 14.8 Å². The summed E-state index contributed by atoms with van der Waals surface area (Å²) in [5.41, 5.74) is 0.818. The van der Waals surface area contributed by atoms with Gasteiger partial charge in [0.25, 0.3) is 5.91 Å². The van der Waals surface area contributed by atoms with Gasteiger partial charge in [-0.1, -0.05) is 19.3 Å². The van der Waals surface area contributed by atoms with Crippen LogP contribution in [-0.2, 0) is 10.0 Å². The number of halogens is 1. The Hall–Kier alpha value is -2.65. The molecule has 1 aliphatic carbocycles. The number of carbonyl (C=O) groups is 1. The van der Waals surface area contributed by atoms with Crippen molar-refractivity contribution in [2.75, 3.05) is 18.5 Å². The van der Waals surface area contributed by atoms with Gasteiger partial charge in [-0.3, -0.25) is 4.79 Å². The molecule has 2 aromatic carbocycles. The highest BCUT2D eigenvalue weighted by Gasteiger charge is 2.28. The van der Waals surface area contributed by atoms with Gasteiger partial charge in [-0.05, 0) is 49.6 Å². The van der Waals surface area contributed by atoms with E-state index in [0.29, 0.717) is 11.3 Å². The number of fused-ring (bicyclic) bond motifs is 1. The van der Waals surface area contributed by atoms with Gasteiger partial charge in [-0.25, -0.2) is 17.5 Å². The van der Waals surface area contributed by atoms with Crippen LogP contribution in [0.3, 0.4) is 0 Å². The fourth-order valence-corrected chi connectivity index (χ4v) is 5.23. The Labute approximate surface area is 181 Å². The topological polar surface area (TPSA) is 93.7 Å². The Morgan fingerprint density at radius 3 is 2.55 bits per heavy atom. The average molecular weight is 449 g/mol. The molecule has 1 saturated carbocycles. The number of hydrogen-bond acceptors (Lipinski definition) is 5. The molecule has 2 aromatic rings. The van der Waals surface area contributed by atoms with Crippen molar-refractivity contribution in [1.82, 2.24) is 4.72 Å². The molecule has 0 aromatic heterocycles. The molecule has 2 N–H and O–H groups in total. The van der Waals surface area contributed by atoms with Crippen LogP contribution in [0.5, 0.6) is 11.5 Å². The molecule has 7 nitrogen and oxygen atoms in total. The van der Waals surface area contributed by atoms with Crippen LogP contribution in [0.1, 0.15) is 48.0 Å². The number of rotatable bonds is 5. The predicted molar refractivity (Wildman–Crippen MR) is 114 cm³/mol. The first kappa shape index (κ1) is 21.6. The van der Waals surface area contributed by atoms with E-state index in [0.717, 1.165) is 32.1 Å². The van der Waals surface area contributed by atoms with Crippen molar-refractivity contribution in [2.24, 2.45) is 0 Å². The van der Waals surface area contributed by atoms with Gasteiger partial charge in [0.1, 0.15) is 19.0 Å². The third-order valence-corrected chi connectivity index (χ3v) is 7.01. The molecular weight excluding hydrogens is 423 g/mol. The Bertz CT molecular complexity index is 1100. The largest absolute Gasteiger partial charge is 0.486 e. The molecule has 2 aliphatic rings. The quantitative estimate of drug-likeness (QED) is 0.726. The molecule has 1 aliphatic heterocycles. The number of amides is 1. The maximum absolute atomic E-state index is 13.5. The molecule has 9 heteroatoms. The molecule has 0 bridgehead atoms. The zero-order valence-corrected chi connectivity index (χ0v) is 18.1. The number of aryl methyl sites for hydroxylation is 1. The first-order valence-corrected chi connectivity index (χ1v) is 11.9. The second-order valence-electron chi connectivity index (χ2n) is 7.87. The van der Waals surface area contributed by atoms with Gasteiger partial charge >= 0.3 is 0 Å². The van der Waals surface area contributed by atoms with Crippen molar-refractivity contribution in [3.05, 3.63) is 47.3 Å². The maximum atomic E-state index is 13.5. The number of hydrogen-bond donors (Lipinski definition) is 2. The third-order valence-electron chi connectivity index (χ3n) is 5.51. The fraction of sp³-hybridized carbons (Fsp3) is 0.409. The molecule has 0 radical (unpaired) electrons. The van der Waals surface area contributed by atoms with Crippen molar-refractivity contribution in [2.45, 2.75) is 50.0 Å². The van der Waals surface area contributed by atoms with Gasteiger partial charge in [0, 0.05) is 17.8 Å². The third kappa shape index (κ3) is 4.83. The minimum atomic E-state index is -3.85. The minimum absolute atomic E-state index is 0.0446. The Morgan fingerprint density at radius 1 is 1.06 bits per heavy atom. The van der Waals surface area contributed by atoms with Gasteiger partial charge in [0.2, 0.25) is 10.0 Å². The molecular formula is C22H25FN2O5S. The molecule has 166 valence electrons. The summed E-state index contributed by atoms with van der Waals surface area (Å²) in [6.45, 7) is 2.09. The first-order valence-electron chi connectivity index (χ1n) is 10.4. The van der Waals surface area contributed by atoms with Crippen molar-refractivity contribution in [3.63, 3.8) is 0 Å². The van der Waals surface area contributed by atoms with Crippen molar-refractivity contribution in [3.8, 4) is 11.5 Å². The summed E-state index contributed by atoms with van der Waals surface area (Å²) in [7, 11) is -3.85. The van der Waals surface area contributed by atoms with Gasteiger partial charge in [0.05, 0.1) is 10.5 Å². The van der Waals surface area contributed by atoms with Crippen LogP contribution < -0.4 is 19.5 Å². The van der Waals surface area contributed by atoms with E-state index in [9.17, 15) is 17.6 Å². The van der Waals surface area contributed by atoms with Crippen LogP contribution in [0.15, 0.2) is 35.2 Å². The highest BCUT2D eigenvalue weighted by atomic mass is 32.2. The number of nitrogens with one attached hydrogen (secondary N) is 2. The predicted octanol–water partition coefficient (Wildman–Crippen LogP) is 3.77. The van der Waals surface area contributed by atoms with Crippen molar-refractivity contribution < 1.29 is 27.1 Å². The Balaban J connectivity index is 1.66. The zero-order chi connectivity index (χ0) is 22.0. The van der Waals surface area contributed by atoms with E-state index >= 15 is 0 Å². The lowest BCUT2D eigenvalue weighted by molar-refractivity contribution is 0.101. The van der Waals surface area contributed by atoms with Gasteiger partial charge in [0.15, 0.2) is 11.5 Å². The number of benzene rings is 2. The smallest absolute Gasteiger partial charge is 0.259 e. The van der Waals surface area contributed by atoms with E-state index in [2.05, 4.69) is 10.0 Å².